The van der Waals surface area contributed by atoms with Crippen LogP contribution in [0.15, 0.2) is 0 Å². The van der Waals surface area contributed by atoms with Crippen molar-refractivity contribution in [1.29, 1.82) is 0 Å². The molecule has 0 atom stereocenters. The summed E-state index contributed by atoms with van der Waals surface area (Å²) in [5.74, 6) is 0. The molecule has 0 radical (unpaired) electrons. The van der Waals surface area contributed by atoms with Gasteiger partial charge in [0.25, 0.3) is 0 Å². The zero-order valence-electron chi connectivity index (χ0n) is 13.9. The van der Waals surface area contributed by atoms with Crippen molar-refractivity contribution in [1.82, 2.24) is 0 Å². The third kappa shape index (κ3) is 19.8. The maximum absolute atomic E-state index is 11.9. The molecule has 0 aromatic heterocycles. The van der Waals surface area contributed by atoms with E-state index in [0.29, 0.717) is 6.42 Å². The maximum Gasteiger partial charge on any atom is 0.389 e. The van der Waals surface area contributed by atoms with Crippen molar-refractivity contribution >= 4 is 0 Å². The van der Waals surface area contributed by atoms with Gasteiger partial charge in [-0.15, -0.1) is 0 Å². The van der Waals surface area contributed by atoms with Gasteiger partial charge >= 0.3 is 6.18 Å². The van der Waals surface area contributed by atoms with Gasteiger partial charge in [-0.25, -0.2) is 0 Å². The standard InChI is InChI=1S/C18H35F3/c1-2-3-4-5-6-7-8-9-10-11-12-13-14-15-16-17-18(19,20)21/h2-17H2,1H3. The van der Waals surface area contributed by atoms with E-state index >= 15 is 0 Å². The van der Waals surface area contributed by atoms with Crippen LogP contribution in [0.1, 0.15) is 110 Å². The molecule has 0 spiro atoms. The molecular formula is C18H35F3. The normalized spacial score (nSPS) is 12.0. The smallest absolute Gasteiger partial charge is 0.171 e. The average Bonchev–Trinajstić information content (AvgIpc) is 2.42. The Morgan fingerprint density at radius 2 is 0.762 bits per heavy atom. The van der Waals surface area contributed by atoms with E-state index < -0.39 is 12.6 Å². The van der Waals surface area contributed by atoms with E-state index in [1.165, 1.54) is 70.6 Å². The summed E-state index contributed by atoms with van der Waals surface area (Å²) >= 11 is 0. The van der Waals surface area contributed by atoms with E-state index in [2.05, 4.69) is 6.92 Å². The number of hydrogen-bond donors (Lipinski definition) is 0. The number of hydrogen-bond acceptors (Lipinski definition) is 0. The number of alkyl halides is 3. The van der Waals surface area contributed by atoms with Gasteiger partial charge in [0.15, 0.2) is 0 Å². The molecule has 0 aliphatic rings. The Morgan fingerprint density at radius 3 is 1.05 bits per heavy atom. The van der Waals surface area contributed by atoms with E-state index in [0.717, 1.165) is 19.3 Å². The zero-order chi connectivity index (χ0) is 15.8. The molecule has 0 aliphatic heterocycles. The highest BCUT2D eigenvalue weighted by molar-refractivity contribution is 4.53. The fourth-order valence-electron chi connectivity index (χ4n) is 2.70. The average molecular weight is 308 g/mol. The molecule has 0 fully saturated rings. The minimum Gasteiger partial charge on any atom is -0.171 e. The maximum atomic E-state index is 11.9. The van der Waals surface area contributed by atoms with Crippen molar-refractivity contribution in [3.63, 3.8) is 0 Å². The molecule has 128 valence electrons. The lowest BCUT2D eigenvalue weighted by Gasteiger charge is -2.05. The highest BCUT2D eigenvalue weighted by atomic mass is 19.4. The lowest BCUT2D eigenvalue weighted by molar-refractivity contribution is -0.135. The first-order valence-electron chi connectivity index (χ1n) is 9.13. The molecule has 3 heteroatoms. The molecule has 0 bridgehead atoms. The van der Waals surface area contributed by atoms with Crippen molar-refractivity contribution < 1.29 is 13.2 Å². The van der Waals surface area contributed by atoms with Crippen molar-refractivity contribution in [2.24, 2.45) is 0 Å². The summed E-state index contributed by atoms with van der Waals surface area (Å²) in [7, 11) is 0. The number of rotatable bonds is 15. The molecule has 0 aliphatic carbocycles. The van der Waals surface area contributed by atoms with Crippen LogP contribution in [0.3, 0.4) is 0 Å². The molecule has 0 aromatic rings. The van der Waals surface area contributed by atoms with Crippen LogP contribution < -0.4 is 0 Å². The number of halogens is 3. The van der Waals surface area contributed by atoms with Gasteiger partial charge in [-0.2, -0.15) is 13.2 Å². The molecule has 0 rings (SSSR count). The van der Waals surface area contributed by atoms with Crippen molar-refractivity contribution in [2.75, 3.05) is 0 Å². The molecular weight excluding hydrogens is 273 g/mol. The van der Waals surface area contributed by atoms with Crippen LogP contribution in [0.25, 0.3) is 0 Å². The van der Waals surface area contributed by atoms with Crippen molar-refractivity contribution in [3.8, 4) is 0 Å². The summed E-state index contributed by atoms with van der Waals surface area (Å²) in [5.41, 5.74) is 0. The quantitative estimate of drug-likeness (QED) is 0.271. The summed E-state index contributed by atoms with van der Waals surface area (Å²) in [6, 6.07) is 0. The fraction of sp³-hybridized carbons (Fsp3) is 1.00. The van der Waals surface area contributed by atoms with Gasteiger partial charge in [-0.1, -0.05) is 96.8 Å². The van der Waals surface area contributed by atoms with Gasteiger partial charge in [-0.05, 0) is 6.42 Å². The second-order valence-corrected chi connectivity index (χ2v) is 6.31. The van der Waals surface area contributed by atoms with Crippen LogP contribution >= 0.6 is 0 Å². The molecule has 0 heterocycles. The molecule has 0 aromatic carbocycles. The SMILES string of the molecule is CCCCCCCCCCCCCCCCCC(F)(F)F. The molecule has 0 saturated carbocycles. The Balaban J connectivity index is 3.00. The Labute approximate surface area is 129 Å². The van der Waals surface area contributed by atoms with Crippen LogP contribution in [0.5, 0.6) is 0 Å². The lowest BCUT2D eigenvalue weighted by atomic mass is 10.0. The predicted molar refractivity (Wildman–Crippen MR) is 85.6 cm³/mol. The van der Waals surface area contributed by atoms with E-state index in [1.807, 2.05) is 0 Å². The summed E-state index contributed by atoms with van der Waals surface area (Å²) in [4.78, 5) is 0. The van der Waals surface area contributed by atoms with Crippen LogP contribution in [0, 0.1) is 0 Å². The van der Waals surface area contributed by atoms with E-state index in [9.17, 15) is 13.2 Å². The largest absolute Gasteiger partial charge is 0.389 e. The van der Waals surface area contributed by atoms with E-state index in [4.69, 9.17) is 0 Å². The van der Waals surface area contributed by atoms with Crippen LogP contribution in [-0.2, 0) is 0 Å². The second kappa shape index (κ2) is 14.7. The minimum atomic E-state index is -3.96. The summed E-state index contributed by atoms with van der Waals surface area (Å²) in [6.07, 6.45) is 13.2. The Hall–Kier alpha value is -0.210. The first-order valence-corrected chi connectivity index (χ1v) is 9.13. The van der Waals surface area contributed by atoms with Gasteiger partial charge in [0, 0.05) is 6.42 Å². The Morgan fingerprint density at radius 1 is 0.476 bits per heavy atom. The van der Waals surface area contributed by atoms with Gasteiger partial charge in [-0.3, -0.25) is 0 Å². The lowest BCUT2D eigenvalue weighted by Crippen LogP contribution is -2.06. The van der Waals surface area contributed by atoms with Gasteiger partial charge in [0.2, 0.25) is 0 Å². The molecule has 0 saturated heterocycles. The van der Waals surface area contributed by atoms with Crippen molar-refractivity contribution in [2.45, 2.75) is 116 Å². The highest BCUT2D eigenvalue weighted by Gasteiger charge is 2.25. The summed E-state index contributed by atoms with van der Waals surface area (Å²) in [5, 5.41) is 0. The predicted octanol–water partition coefficient (Wildman–Crippen LogP) is 7.81. The van der Waals surface area contributed by atoms with Crippen LogP contribution in [-0.4, -0.2) is 6.18 Å². The Kier molecular flexibility index (Phi) is 14.6. The third-order valence-corrected chi connectivity index (χ3v) is 4.06. The Bertz CT molecular complexity index is 199. The zero-order valence-corrected chi connectivity index (χ0v) is 13.9. The third-order valence-electron chi connectivity index (χ3n) is 4.06. The van der Waals surface area contributed by atoms with E-state index in [-0.39, 0.29) is 0 Å². The van der Waals surface area contributed by atoms with Gasteiger partial charge in [0.1, 0.15) is 0 Å². The van der Waals surface area contributed by atoms with Gasteiger partial charge in [0.05, 0.1) is 0 Å². The van der Waals surface area contributed by atoms with E-state index in [1.54, 1.807) is 0 Å². The van der Waals surface area contributed by atoms with Crippen LogP contribution in [0.4, 0.5) is 13.2 Å². The second-order valence-electron chi connectivity index (χ2n) is 6.31. The van der Waals surface area contributed by atoms with Crippen molar-refractivity contribution in [3.05, 3.63) is 0 Å². The minimum absolute atomic E-state index is 0.307. The highest BCUT2D eigenvalue weighted by Crippen LogP contribution is 2.23. The topological polar surface area (TPSA) is 0 Å². The number of unbranched alkanes of at least 4 members (excludes halogenated alkanes) is 14. The molecule has 21 heavy (non-hydrogen) atoms. The van der Waals surface area contributed by atoms with Crippen LogP contribution in [0.2, 0.25) is 0 Å². The molecule has 0 amide bonds. The monoisotopic (exact) mass is 308 g/mol. The molecule has 0 N–H and O–H groups in total. The summed E-state index contributed by atoms with van der Waals surface area (Å²) in [6.45, 7) is 2.25. The molecule has 0 nitrogen and oxygen atoms in total. The first kappa shape index (κ1) is 20.8. The van der Waals surface area contributed by atoms with Gasteiger partial charge < -0.3 is 0 Å². The molecule has 0 unspecified atom stereocenters. The first-order chi connectivity index (χ1) is 10.1. The summed E-state index contributed by atoms with van der Waals surface area (Å²) < 4.78 is 35.8. The fourth-order valence-corrected chi connectivity index (χ4v) is 2.70.